The smallest absolute Gasteiger partial charge is 0.303 e. The number of unbranched alkanes of at least 4 members (excludes halogenated alkanes) is 10. The van der Waals surface area contributed by atoms with Crippen molar-refractivity contribution in [2.24, 2.45) is 0 Å². The lowest BCUT2D eigenvalue weighted by Crippen LogP contribution is -1.93. The third kappa shape index (κ3) is 17.2. The number of rotatable bonds is 15. The average molecular weight is 283 g/mol. The molecule has 0 aliphatic heterocycles. The van der Waals surface area contributed by atoms with E-state index in [9.17, 15) is 4.79 Å². The van der Waals surface area contributed by atoms with Gasteiger partial charge in [0, 0.05) is 7.77 Å². The Hall–Kier alpha value is -0.790. The van der Waals surface area contributed by atoms with Crippen LogP contribution in [-0.2, 0) is 4.79 Å². The molecule has 0 aromatic rings. The number of hydrogen-bond acceptors (Lipinski definition) is 1. The summed E-state index contributed by atoms with van der Waals surface area (Å²) in [6.45, 7) is 2.25. The van der Waals surface area contributed by atoms with Gasteiger partial charge in [-0.2, -0.15) is 0 Å². The molecule has 0 saturated carbocycles. The van der Waals surface area contributed by atoms with Crippen molar-refractivity contribution >= 4 is 5.97 Å². The molecule has 0 amide bonds. The summed E-state index contributed by atoms with van der Waals surface area (Å²) in [5.41, 5.74) is 0. The van der Waals surface area contributed by atoms with Crippen molar-refractivity contribution in [2.45, 2.75) is 96.8 Å². The molecular weight excluding hydrogens is 248 g/mol. The SMILES string of the molecule is [2H]C(CCCCCC/C=C\CCCCCCCC)C(=O)O. The molecule has 0 aromatic heterocycles. The highest BCUT2D eigenvalue weighted by molar-refractivity contribution is 5.66. The Labute approximate surface area is 127 Å². The standard InChI is InChI=1S/C18H34O2/c1-2-3-4-5-6-7-8-9-10-11-12-13-14-15-16-17-18(19)20/h9-10H,2-8,11-17H2,1H3,(H,19,20)/b10-9-/i17D. The number of aliphatic carboxylic acids is 1. The maximum Gasteiger partial charge on any atom is 0.303 e. The van der Waals surface area contributed by atoms with E-state index in [0.29, 0.717) is 6.42 Å². The molecule has 0 aliphatic rings. The van der Waals surface area contributed by atoms with Gasteiger partial charge in [0.2, 0.25) is 0 Å². The molecule has 0 aliphatic carbocycles. The lowest BCUT2D eigenvalue weighted by molar-refractivity contribution is -0.137. The molecule has 1 N–H and O–H groups in total. The third-order valence-corrected chi connectivity index (χ3v) is 3.53. The van der Waals surface area contributed by atoms with Crippen molar-refractivity contribution in [2.75, 3.05) is 0 Å². The summed E-state index contributed by atoms with van der Waals surface area (Å²) in [5, 5.41) is 8.59. The fraction of sp³-hybridized carbons (Fsp3) is 0.833. The Balaban J connectivity index is 3.17. The van der Waals surface area contributed by atoms with E-state index >= 15 is 0 Å². The summed E-state index contributed by atoms with van der Waals surface area (Å²) in [5.74, 6) is -0.993. The molecule has 2 nitrogen and oxygen atoms in total. The highest BCUT2D eigenvalue weighted by Gasteiger charge is 1.95. The van der Waals surface area contributed by atoms with Crippen LogP contribution in [-0.4, -0.2) is 11.1 Å². The number of carboxylic acid groups (broad SMARTS) is 1. The van der Waals surface area contributed by atoms with Crippen LogP contribution in [0.15, 0.2) is 12.2 Å². The van der Waals surface area contributed by atoms with Crippen molar-refractivity contribution in [3.63, 3.8) is 0 Å². The van der Waals surface area contributed by atoms with E-state index in [2.05, 4.69) is 19.1 Å². The van der Waals surface area contributed by atoms with Crippen LogP contribution in [0.4, 0.5) is 0 Å². The molecule has 0 saturated heterocycles. The van der Waals surface area contributed by atoms with E-state index in [4.69, 9.17) is 6.48 Å². The van der Waals surface area contributed by atoms with Crippen molar-refractivity contribution in [1.82, 2.24) is 0 Å². The van der Waals surface area contributed by atoms with Crippen molar-refractivity contribution < 1.29 is 11.3 Å². The van der Waals surface area contributed by atoms with Crippen LogP contribution in [0.5, 0.6) is 0 Å². The van der Waals surface area contributed by atoms with Crippen LogP contribution in [0.1, 0.15) is 98.2 Å². The van der Waals surface area contributed by atoms with Crippen LogP contribution in [0.3, 0.4) is 0 Å². The van der Waals surface area contributed by atoms with E-state index in [1.807, 2.05) is 0 Å². The fourth-order valence-electron chi connectivity index (χ4n) is 2.26. The summed E-state index contributed by atoms with van der Waals surface area (Å²) in [6, 6.07) is 0. The molecule has 1 unspecified atom stereocenters. The van der Waals surface area contributed by atoms with Crippen molar-refractivity contribution in [3.05, 3.63) is 12.2 Å². The van der Waals surface area contributed by atoms with Gasteiger partial charge in [-0.3, -0.25) is 4.79 Å². The van der Waals surface area contributed by atoms with Crippen molar-refractivity contribution in [3.8, 4) is 0 Å². The second-order valence-corrected chi connectivity index (χ2v) is 5.56. The molecule has 0 heterocycles. The molecular formula is C18H34O2. The van der Waals surface area contributed by atoms with Gasteiger partial charge >= 0.3 is 5.97 Å². The first-order valence-corrected chi connectivity index (χ1v) is 8.48. The van der Waals surface area contributed by atoms with Crippen LogP contribution >= 0.6 is 0 Å². The minimum absolute atomic E-state index is 0.489. The zero-order valence-electron chi connectivity index (χ0n) is 14.3. The molecule has 1 atom stereocenters. The summed E-state index contributed by atoms with van der Waals surface area (Å²) >= 11 is 0. The number of hydrogen-bond donors (Lipinski definition) is 1. The van der Waals surface area contributed by atoms with Gasteiger partial charge < -0.3 is 5.11 Å². The lowest BCUT2D eigenvalue weighted by Gasteiger charge is -1.99. The molecule has 20 heavy (non-hydrogen) atoms. The minimum atomic E-state index is -0.993. The molecule has 2 heteroatoms. The van der Waals surface area contributed by atoms with Crippen LogP contribution in [0.2, 0.25) is 0 Å². The average Bonchev–Trinajstić information content (AvgIpc) is 2.47. The number of allylic oxidation sites excluding steroid dienone is 2. The Morgan fingerprint density at radius 3 is 1.80 bits per heavy atom. The summed E-state index contributed by atoms with van der Waals surface area (Å²) in [7, 11) is 0. The first-order chi connectivity index (χ1) is 10.2. The molecule has 0 spiro atoms. The monoisotopic (exact) mass is 283 g/mol. The minimum Gasteiger partial charge on any atom is -0.481 e. The van der Waals surface area contributed by atoms with Gasteiger partial charge in [-0.25, -0.2) is 0 Å². The molecule has 118 valence electrons. The maximum atomic E-state index is 10.5. The van der Waals surface area contributed by atoms with E-state index in [-0.39, 0.29) is 0 Å². The van der Waals surface area contributed by atoms with Gasteiger partial charge in [-0.15, -0.1) is 0 Å². The Morgan fingerprint density at radius 1 is 0.850 bits per heavy atom. The van der Waals surface area contributed by atoms with Gasteiger partial charge in [0.25, 0.3) is 0 Å². The van der Waals surface area contributed by atoms with Gasteiger partial charge in [-0.1, -0.05) is 70.4 Å². The first kappa shape index (κ1) is 17.3. The predicted molar refractivity (Wildman–Crippen MR) is 87.1 cm³/mol. The van der Waals surface area contributed by atoms with E-state index in [1.54, 1.807) is 0 Å². The topological polar surface area (TPSA) is 37.3 Å². The zero-order chi connectivity index (χ0) is 15.8. The predicted octanol–water partition coefficient (Wildman–Crippen LogP) is 6.11. The second-order valence-electron chi connectivity index (χ2n) is 5.56. The van der Waals surface area contributed by atoms with Gasteiger partial charge in [-0.05, 0) is 32.1 Å². The molecule has 0 aromatic carbocycles. The largest absolute Gasteiger partial charge is 0.481 e. The molecule has 0 fully saturated rings. The van der Waals surface area contributed by atoms with E-state index in [1.165, 1.54) is 51.4 Å². The second kappa shape index (κ2) is 16.3. The van der Waals surface area contributed by atoms with Gasteiger partial charge in [0.1, 0.15) is 0 Å². The zero-order valence-corrected chi connectivity index (χ0v) is 13.3. The fourth-order valence-corrected chi connectivity index (χ4v) is 2.26. The van der Waals surface area contributed by atoms with Crippen LogP contribution in [0, 0.1) is 0 Å². The summed E-state index contributed by atoms with van der Waals surface area (Å²) < 4.78 is 7.28. The Bertz CT molecular complexity index is 264. The van der Waals surface area contributed by atoms with E-state index < -0.39 is 12.4 Å². The maximum absolute atomic E-state index is 10.5. The van der Waals surface area contributed by atoms with Gasteiger partial charge in [0.05, 0.1) is 0 Å². The third-order valence-electron chi connectivity index (χ3n) is 3.53. The van der Waals surface area contributed by atoms with Crippen LogP contribution in [0.25, 0.3) is 0 Å². The normalized spacial score (nSPS) is 13.6. The quantitative estimate of drug-likeness (QED) is 0.291. The van der Waals surface area contributed by atoms with Crippen molar-refractivity contribution in [1.29, 1.82) is 0 Å². The molecule has 0 bridgehead atoms. The summed E-state index contributed by atoms with van der Waals surface area (Å²) in [6.07, 6.45) is 18.9. The first-order valence-electron chi connectivity index (χ1n) is 9.06. The highest BCUT2D eigenvalue weighted by atomic mass is 16.4. The lowest BCUT2D eigenvalue weighted by atomic mass is 10.1. The van der Waals surface area contributed by atoms with E-state index in [0.717, 1.165) is 25.7 Å². The Morgan fingerprint density at radius 2 is 1.30 bits per heavy atom. The number of carboxylic acids is 1. The molecule has 0 radical (unpaired) electrons. The molecule has 0 rings (SSSR count). The summed E-state index contributed by atoms with van der Waals surface area (Å²) in [4.78, 5) is 10.5. The number of carbonyl (C=O) groups is 1. The Kier molecular flexibility index (Phi) is 14.0. The van der Waals surface area contributed by atoms with Crippen LogP contribution < -0.4 is 0 Å². The highest BCUT2D eigenvalue weighted by Crippen LogP contribution is 2.09. The van der Waals surface area contributed by atoms with Gasteiger partial charge in [0.15, 0.2) is 0 Å².